The summed E-state index contributed by atoms with van der Waals surface area (Å²) in [6.45, 7) is 0. The van der Waals surface area contributed by atoms with E-state index in [1.165, 1.54) is 12.1 Å². The van der Waals surface area contributed by atoms with Crippen LogP contribution in [0.4, 0.5) is 0 Å². The molecule has 0 saturated heterocycles. The quantitative estimate of drug-likeness (QED) is 0.339. The summed E-state index contributed by atoms with van der Waals surface area (Å²) >= 11 is 0. The van der Waals surface area contributed by atoms with E-state index in [1.54, 1.807) is 48.5 Å². The van der Waals surface area contributed by atoms with Crippen LogP contribution in [0.2, 0.25) is 0 Å². The number of carbonyl (C=O) groups is 1. The van der Waals surface area contributed by atoms with E-state index in [1.807, 2.05) is 0 Å². The van der Waals surface area contributed by atoms with Crippen molar-refractivity contribution < 1.29 is 30.3 Å². The van der Waals surface area contributed by atoms with Crippen LogP contribution in [0.1, 0.15) is 33.3 Å². The van der Waals surface area contributed by atoms with Crippen LogP contribution < -0.4 is 0 Å². The summed E-state index contributed by atoms with van der Waals surface area (Å²) in [5, 5.41) is 52.9. The van der Waals surface area contributed by atoms with Crippen molar-refractivity contribution in [2.45, 2.75) is 12.7 Å². The highest BCUT2D eigenvalue weighted by atomic mass is 16.5. The number of phenols is 2. The average molecular weight is 390 g/mol. The standard InChI is InChI=1S/C23H18O6/c24-20-16(14-7-3-1-5-12(14)9-18(20)22(26)27)11-17-15-8-4-2-6-13(15)10-19(21(17)25)23(28)29/h1-10,22,24-27H,11H2,(H,28,29). The third-order valence-corrected chi connectivity index (χ3v) is 5.15. The second-order valence-electron chi connectivity index (χ2n) is 6.84. The summed E-state index contributed by atoms with van der Waals surface area (Å²) in [5.74, 6) is -1.94. The lowest BCUT2D eigenvalue weighted by Crippen LogP contribution is -2.03. The van der Waals surface area contributed by atoms with E-state index in [9.17, 15) is 30.3 Å². The third-order valence-electron chi connectivity index (χ3n) is 5.15. The van der Waals surface area contributed by atoms with Crippen LogP contribution in [0.15, 0.2) is 60.7 Å². The number of phenolic OH excluding ortho intramolecular Hbond substituents is 1. The number of aliphatic hydroxyl groups is 2. The molecule has 0 fully saturated rings. The molecule has 0 saturated carbocycles. The maximum Gasteiger partial charge on any atom is 0.339 e. The predicted molar refractivity (Wildman–Crippen MR) is 108 cm³/mol. The summed E-state index contributed by atoms with van der Waals surface area (Å²) in [6, 6.07) is 17.1. The lowest BCUT2D eigenvalue weighted by molar-refractivity contribution is -0.0438. The number of hydrogen-bond acceptors (Lipinski definition) is 5. The minimum atomic E-state index is -1.88. The second-order valence-corrected chi connectivity index (χ2v) is 6.84. The first-order chi connectivity index (χ1) is 13.9. The summed E-state index contributed by atoms with van der Waals surface area (Å²) < 4.78 is 0. The number of aromatic carboxylic acids is 1. The Hall–Kier alpha value is -3.61. The van der Waals surface area contributed by atoms with Crippen molar-refractivity contribution in [3.8, 4) is 11.5 Å². The Bertz CT molecular complexity index is 1260. The van der Waals surface area contributed by atoms with E-state index in [-0.39, 0.29) is 29.0 Å². The zero-order chi connectivity index (χ0) is 20.7. The average Bonchev–Trinajstić information content (AvgIpc) is 2.70. The molecule has 0 aliphatic rings. The lowest BCUT2D eigenvalue weighted by atomic mass is 9.90. The Morgan fingerprint density at radius 1 is 0.793 bits per heavy atom. The molecule has 4 aromatic carbocycles. The zero-order valence-electron chi connectivity index (χ0n) is 15.2. The molecule has 4 rings (SSSR count). The molecule has 0 aliphatic carbocycles. The Morgan fingerprint density at radius 3 is 1.86 bits per heavy atom. The number of aromatic hydroxyl groups is 2. The molecule has 6 heteroatoms. The maximum atomic E-state index is 11.6. The number of carboxylic acid groups (broad SMARTS) is 1. The van der Waals surface area contributed by atoms with Crippen molar-refractivity contribution in [3.05, 3.63) is 82.9 Å². The van der Waals surface area contributed by atoms with E-state index < -0.39 is 12.3 Å². The van der Waals surface area contributed by atoms with Gasteiger partial charge >= 0.3 is 5.97 Å². The van der Waals surface area contributed by atoms with Gasteiger partial charge in [-0.05, 0) is 33.7 Å². The Kier molecular flexibility index (Phi) is 4.58. The van der Waals surface area contributed by atoms with E-state index in [2.05, 4.69) is 0 Å². The van der Waals surface area contributed by atoms with Gasteiger partial charge in [-0.25, -0.2) is 4.79 Å². The second kappa shape index (κ2) is 7.09. The molecule has 0 amide bonds. The van der Waals surface area contributed by atoms with E-state index in [0.717, 1.165) is 0 Å². The largest absolute Gasteiger partial charge is 0.507 e. The predicted octanol–water partition coefficient (Wildman–Crippen LogP) is 3.68. The van der Waals surface area contributed by atoms with Gasteiger partial charge < -0.3 is 25.5 Å². The van der Waals surface area contributed by atoms with E-state index >= 15 is 0 Å². The fraction of sp³-hybridized carbons (Fsp3) is 0.0870. The molecule has 4 aromatic rings. The molecule has 0 heterocycles. The van der Waals surface area contributed by atoms with Crippen molar-refractivity contribution in [1.29, 1.82) is 0 Å². The number of carboxylic acids is 1. The molecular formula is C23H18O6. The van der Waals surface area contributed by atoms with Crippen molar-refractivity contribution in [2.75, 3.05) is 0 Å². The van der Waals surface area contributed by atoms with Crippen LogP contribution in [-0.2, 0) is 6.42 Å². The van der Waals surface area contributed by atoms with Gasteiger partial charge in [-0.2, -0.15) is 0 Å². The van der Waals surface area contributed by atoms with Crippen LogP contribution >= 0.6 is 0 Å². The number of hydrogen-bond donors (Lipinski definition) is 5. The van der Waals surface area contributed by atoms with Crippen molar-refractivity contribution in [2.24, 2.45) is 0 Å². The molecule has 0 unspecified atom stereocenters. The molecule has 0 radical (unpaired) electrons. The maximum absolute atomic E-state index is 11.6. The molecule has 0 aliphatic heterocycles. The third kappa shape index (κ3) is 3.14. The Balaban J connectivity index is 2.03. The molecule has 6 nitrogen and oxygen atoms in total. The number of fused-ring (bicyclic) bond motifs is 2. The first kappa shape index (κ1) is 18.7. The minimum Gasteiger partial charge on any atom is -0.507 e. The monoisotopic (exact) mass is 390 g/mol. The number of benzene rings is 4. The molecule has 29 heavy (non-hydrogen) atoms. The zero-order valence-corrected chi connectivity index (χ0v) is 15.2. The molecule has 5 N–H and O–H groups in total. The highest BCUT2D eigenvalue weighted by Gasteiger charge is 2.22. The summed E-state index contributed by atoms with van der Waals surface area (Å²) in [4.78, 5) is 11.6. The number of rotatable bonds is 4. The molecular weight excluding hydrogens is 372 g/mol. The van der Waals surface area contributed by atoms with E-state index in [4.69, 9.17) is 0 Å². The molecule has 146 valence electrons. The first-order valence-corrected chi connectivity index (χ1v) is 8.95. The van der Waals surface area contributed by atoms with Crippen molar-refractivity contribution in [3.63, 3.8) is 0 Å². The van der Waals surface area contributed by atoms with Gasteiger partial charge in [0.2, 0.25) is 0 Å². The fourth-order valence-corrected chi connectivity index (χ4v) is 3.74. The van der Waals surface area contributed by atoms with E-state index in [0.29, 0.717) is 32.7 Å². The Morgan fingerprint density at radius 2 is 1.31 bits per heavy atom. The van der Waals surface area contributed by atoms with Crippen LogP contribution in [0.25, 0.3) is 21.5 Å². The van der Waals surface area contributed by atoms with Gasteiger partial charge in [0.05, 0.1) is 0 Å². The molecule has 0 atom stereocenters. The molecule has 0 aromatic heterocycles. The fourth-order valence-electron chi connectivity index (χ4n) is 3.74. The van der Waals surface area contributed by atoms with Gasteiger partial charge in [-0.15, -0.1) is 0 Å². The van der Waals surface area contributed by atoms with Crippen molar-refractivity contribution in [1.82, 2.24) is 0 Å². The van der Waals surface area contributed by atoms with Gasteiger partial charge in [0.1, 0.15) is 17.1 Å². The summed E-state index contributed by atoms with van der Waals surface area (Å²) in [6.07, 6.45) is -1.88. The van der Waals surface area contributed by atoms with Gasteiger partial charge in [0.15, 0.2) is 6.29 Å². The van der Waals surface area contributed by atoms with Gasteiger partial charge in [-0.1, -0.05) is 48.5 Å². The SMILES string of the molecule is O=C(O)c1cc2ccccc2c(Cc2c(O)c(C(O)O)cc3ccccc23)c1O. The van der Waals surface area contributed by atoms with Gasteiger partial charge in [0, 0.05) is 23.1 Å². The summed E-state index contributed by atoms with van der Waals surface area (Å²) in [5.41, 5.74) is 0.414. The van der Waals surface area contributed by atoms with Crippen LogP contribution in [-0.4, -0.2) is 31.5 Å². The summed E-state index contributed by atoms with van der Waals surface area (Å²) in [7, 11) is 0. The smallest absolute Gasteiger partial charge is 0.339 e. The first-order valence-electron chi connectivity index (χ1n) is 8.95. The molecule has 0 bridgehead atoms. The number of aliphatic hydroxyl groups excluding tert-OH is 1. The highest BCUT2D eigenvalue weighted by Crippen LogP contribution is 2.39. The minimum absolute atomic E-state index is 0.000370. The Labute approximate surface area is 165 Å². The van der Waals surface area contributed by atoms with Gasteiger partial charge in [-0.3, -0.25) is 0 Å². The normalized spacial score (nSPS) is 11.4. The topological polar surface area (TPSA) is 118 Å². The van der Waals surface area contributed by atoms with Crippen molar-refractivity contribution >= 4 is 27.5 Å². The highest BCUT2D eigenvalue weighted by molar-refractivity contribution is 6.00. The van der Waals surface area contributed by atoms with Crippen LogP contribution in [0, 0.1) is 0 Å². The van der Waals surface area contributed by atoms with Crippen LogP contribution in [0.5, 0.6) is 11.5 Å². The van der Waals surface area contributed by atoms with Crippen LogP contribution in [0.3, 0.4) is 0 Å². The lowest BCUT2D eigenvalue weighted by Gasteiger charge is -2.17. The molecule has 0 spiro atoms. The van der Waals surface area contributed by atoms with Gasteiger partial charge in [0.25, 0.3) is 0 Å².